The highest BCUT2D eigenvalue weighted by Gasteiger charge is 2.35. The number of fused-ring (bicyclic) bond motifs is 1. The average molecular weight is 392 g/mol. The third-order valence-electron chi connectivity index (χ3n) is 4.98. The summed E-state index contributed by atoms with van der Waals surface area (Å²) in [6, 6.07) is 9.74. The molecule has 1 aliphatic heterocycles. The number of rotatable bonds is 4. The van der Waals surface area contributed by atoms with Gasteiger partial charge >= 0.3 is 0 Å². The van der Waals surface area contributed by atoms with Crippen LogP contribution in [0.3, 0.4) is 0 Å². The molecule has 0 unspecified atom stereocenters. The van der Waals surface area contributed by atoms with Crippen LogP contribution in [0.25, 0.3) is 11.0 Å². The van der Waals surface area contributed by atoms with Gasteiger partial charge in [0, 0.05) is 30.3 Å². The zero-order valence-electron chi connectivity index (χ0n) is 16.5. The van der Waals surface area contributed by atoms with E-state index >= 15 is 0 Å². The largest absolute Gasteiger partial charge is 0.496 e. The average Bonchev–Trinajstić information content (AvgIpc) is 3.18. The number of ether oxygens (including phenoxy) is 1. The summed E-state index contributed by atoms with van der Waals surface area (Å²) in [7, 11) is 1.53. The van der Waals surface area contributed by atoms with E-state index in [4.69, 9.17) is 4.74 Å². The summed E-state index contributed by atoms with van der Waals surface area (Å²) in [5, 5.41) is 6.09. The molecule has 0 spiro atoms. The van der Waals surface area contributed by atoms with Gasteiger partial charge in [-0.25, -0.2) is 9.40 Å². The van der Waals surface area contributed by atoms with Crippen LogP contribution in [0.15, 0.2) is 53.9 Å². The van der Waals surface area contributed by atoms with Crippen molar-refractivity contribution in [2.24, 2.45) is 11.0 Å². The number of amides is 1. The molecule has 7 heteroatoms. The first-order valence-electron chi connectivity index (χ1n) is 9.43. The van der Waals surface area contributed by atoms with E-state index in [1.807, 2.05) is 32.0 Å². The van der Waals surface area contributed by atoms with E-state index in [0.717, 1.165) is 16.6 Å². The van der Waals surface area contributed by atoms with Crippen LogP contribution >= 0.6 is 0 Å². The first-order chi connectivity index (χ1) is 14.0. The normalized spacial score (nSPS) is 16.4. The van der Waals surface area contributed by atoms with Crippen molar-refractivity contribution in [2.75, 3.05) is 7.11 Å². The van der Waals surface area contributed by atoms with Crippen LogP contribution < -0.4 is 4.74 Å². The van der Waals surface area contributed by atoms with E-state index in [1.54, 1.807) is 18.5 Å². The Morgan fingerprint density at radius 1 is 1.14 bits per heavy atom. The molecule has 0 N–H and O–H groups in total. The minimum atomic E-state index is -0.380. The SMILES string of the molecule is COc1ccc(F)cc1C1=NN(C(=O)C(C)C)[C@H](c2ccc3nccnc3c2)C1. The molecule has 148 valence electrons. The lowest BCUT2D eigenvalue weighted by atomic mass is 9.97. The van der Waals surface area contributed by atoms with Gasteiger partial charge in [0.15, 0.2) is 0 Å². The van der Waals surface area contributed by atoms with Crippen molar-refractivity contribution in [2.45, 2.75) is 26.3 Å². The summed E-state index contributed by atoms with van der Waals surface area (Å²) < 4.78 is 19.3. The summed E-state index contributed by atoms with van der Waals surface area (Å²) in [6.07, 6.45) is 3.73. The molecule has 1 aromatic heterocycles. The van der Waals surface area contributed by atoms with E-state index in [1.165, 1.54) is 24.3 Å². The zero-order valence-corrected chi connectivity index (χ0v) is 16.5. The lowest BCUT2D eigenvalue weighted by Crippen LogP contribution is -2.30. The van der Waals surface area contributed by atoms with Gasteiger partial charge in [-0.05, 0) is 35.9 Å². The molecular formula is C22H21FN4O2. The number of benzene rings is 2. The Labute approximate surface area is 168 Å². The van der Waals surface area contributed by atoms with Crippen LogP contribution in [0.5, 0.6) is 5.75 Å². The standard InChI is InChI=1S/C22H21FN4O2/c1-13(2)22(28)27-20(14-4-6-17-19(10-14)25-9-8-24-17)12-18(26-27)16-11-15(23)5-7-21(16)29-3/h4-11,13,20H,12H2,1-3H3/t20-/m0/s1. The van der Waals surface area contributed by atoms with Crippen LogP contribution in [0.4, 0.5) is 4.39 Å². The van der Waals surface area contributed by atoms with Crippen molar-refractivity contribution in [3.63, 3.8) is 0 Å². The number of carbonyl (C=O) groups is 1. The van der Waals surface area contributed by atoms with Crippen LogP contribution in [-0.2, 0) is 4.79 Å². The van der Waals surface area contributed by atoms with Crippen molar-refractivity contribution in [3.8, 4) is 5.75 Å². The van der Waals surface area contributed by atoms with E-state index < -0.39 is 0 Å². The van der Waals surface area contributed by atoms with E-state index in [9.17, 15) is 9.18 Å². The molecule has 0 radical (unpaired) electrons. The van der Waals surface area contributed by atoms with Crippen LogP contribution in [-0.4, -0.2) is 33.7 Å². The van der Waals surface area contributed by atoms with Crippen molar-refractivity contribution < 1.29 is 13.9 Å². The first-order valence-corrected chi connectivity index (χ1v) is 9.43. The highest BCUT2D eigenvalue weighted by molar-refractivity contribution is 6.05. The van der Waals surface area contributed by atoms with E-state index in [2.05, 4.69) is 15.1 Å². The number of hydrogen-bond acceptors (Lipinski definition) is 5. The highest BCUT2D eigenvalue weighted by Crippen LogP contribution is 2.36. The van der Waals surface area contributed by atoms with Gasteiger partial charge in [0.25, 0.3) is 0 Å². The second-order valence-corrected chi connectivity index (χ2v) is 7.25. The predicted molar refractivity (Wildman–Crippen MR) is 108 cm³/mol. The molecule has 0 fully saturated rings. The molecule has 6 nitrogen and oxygen atoms in total. The van der Waals surface area contributed by atoms with Gasteiger partial charge in [0.05, 0.1) is 29.9 Å². The van der Waals surface area contributed by atoms with Gasteiger partial charge in [0.1, 0.15) is 11.6 Å². The number of hydrogen-bond donors (Lipinski definition) is 0. The molecule has 0 aliphatic carbocycles. The quantitative estimate of drug-likeness (QED) is 0.670. The maximum Gasteiger partial charge on any atom is 0.245 e. The minimum Gasteiger partial charge on any atom is -0.496 e. The van der Waals surface area contributed by atoms with Gasteiger partial charge < -0.3 is 4.74 Å². The molecule has 29 heavy (non-hydrogen) atoms. The Morgan fingerprint density at radius 2 is 1.90 bits per heavy atom. The Bertz CT molecular complexity index is 1110. The first kappa shape index (κ1) is 19.0. The number of aromatic nitrogens is 2. The second-order valence-electron chi connectivity index (χ2n) is 7.25. The number of hydrazone groups is 1. The van der Waals surface area contributed by atoms with Crippen LogP contribution in [0.1, 0.15) is 37.4 Å². The third-order valence-corrected chi connectivity index (χ3v) is 4.98. The third kappa shape index (κ3) is 3.55. The fraction of sp³-hybridized carbons (Fsp3) is 0.273. The summed E-state index contributed by atoms with van der Waals surface area (Å²) >= 11 is 0. The Hall–Kier alpha value is -3.35. The molecule has 3 aromatic rings. The summed E-state index contributed by atoms with van der Waals surface area (Å²) in [5.74, 6) is -0.184. The summed E-state index contributed by atoms with van der Waals surface area (Å²) in [5.41, 5.74) is 3.60. The molecule has 2 aromatic carbocycles. The highest BCUT2D eigenvalue weighted by atomic mass is 19.1. The van der Waals surface area contributed by atoms with Crippen molar-refractivity contribution in [3.05, 3.63) is 65.7 Å². The summed E-state index contributed by atoms with van der Waals surface area (Å²) in [4.78, 5) is 21.5. The van der Waals surface area contributed by atoms with Crippen LogP contribution in [0, 0.1) is 11.7 Å². The maximum atomic E-state index is 13.9. The smallest absolute Gasteiger partial charge is 0.245 e. The van der Waals surface area contributed by atoms with E-state index in [-0.39, 0.29) is 23.7 Å². The molecule has 1 aliphatic rings. The Morgan fingerprint density at radius 3 is 2.62 bits per heavy atom. The predicted octanol–water partition coefficient (Wildman–Crippen LogP) is 4.11. The number of methoxy groups -OCH3 is 1. The van der Waals surface area contributed by atoms with Crippen molar-refractivity contribution >= 4 is 22.7 Å². The minimum absolute atomic E-state index is 0.0976. The lowest BCUT2D eigenvalue weighted by Gasteiger charge is -2.23. The molecule has 4 rings (SSSR count). The number of halogens is 1. The molecule has 0 bridgehead atoms. The Balaban J connectivity index is 1.78. The van der Waals surface area contributed by atoms with Gasteiger partial charge in [-0.1, -0.05) is 19.9 Å². The number of carbonyl (C=O) groups excluding carboxylic acids is 1. The molecule has 1 atom stereocenters. The van der Waals surface area contributed by atoms with Crippen molar-refractivity contribution in [1.82, 2.24) is 15.0 Å². The number of nitrogens with zero attached hydrogens (tertiary/aromatic N) is 4. The zero-order chi connectivity index (χ0) is 20.5. The second kappa shape index (κ2) is 7.58. The van der Waals surface area contributed by atoms with Gasteiger partial charge in [-0.2, -0.15) is 5.10 Å². The molecule has 0 saturated heterocycles. The Kier molecular flexibility index (Phi) is 4.96. The lowest BCUT2D eigenvalue weighted by molar-refractivity contribution is -0.136. The molecule has 1 amide bonds. The maximum absolute atomic E-state index is 13.9. The monoisotopic (exact) mass is 392 g/mol. The fourth-order valence-corrected chi connectivity index (χ4v) is 3.49. The van der Waals surface area contributed by atoms with Crippen LogP contribution in [0.2, 0.25) is 0 Å². The van der Waals surface area contributed by atoms with Gasteiger partial charge in [-0.3, -0.25) is 14.8 Å². The topological polar surface area (TPSA) is 67.7 Å². The molecule has 0 saturated carbocycles. The van der Waals surface area contributed by atoms with Gasteiger partial charge in [-0.15, -0.1) is 0 Å². The van der Waals surface area contributed by atoms with Gasteiger partial charge in [0.2, 0.25) is 5.91 Å². The van der Waals surface area contributed by atoms with Crippen molar-refractivity contribution in [1.29, 1.82) is 0 Å². The summed E-state index contributed by atoms with van der Waals surface area (Å²) in [6.45, 7) is 3.67. The molecular weight excluding hydrogens is 371 g/mol. The molecule has 2 heterocycles. The fourth-order valence-electron chi connectivity index (χ4n) is 3.49. The van der Waals surface area contributed by atoms with E-state index in [0.29, 0.717) is 23.4 Å².